The Morgan fingerprint density at radius 2 is 1.76 bits per heavy atom. The number of rotatable bonds is 4. The van der Waals surface area contributed by atoms with Crippen LogP contribution in [-0.4, -0.2) is 15.6 Å². The molecule has 0 bridgehead atoms. The molecule has 0 saturated heterocycles. The summed E-state index contributed by atoms with van der Waals surface area (Å²) >= 11 is 0. The molecule has 0 unspecified atom stereocenters. The van der Waals surface area contributed by atoms with Gasteiger partial charge in [-0.1, -0.05) is 37.3 Å². The smallest absolute Gasteiger partial charge is 0.323 e. The summed E-state index contributed by atoms with van der Waals surface area (Å²) in [4.78, 5) is 10.8. The maximum atomic E-state index is 10.8. The molecule has 3 heteroatoms. The minimum atomic E-state index is -0.827. The van der Waals surface area contributed by atoms with Gasteiger partial charge in [0.15, 0.2) is 0 Å². The Morgan fingerprint density at radius 1 is 1.05 bits per heavy atom. The molecule has 0 atom stereocenters. The molecule has 0 fully saturated rings. The minimum absolute atomic E-state index is 0.00591. The molecule has 0 spiro atoms. The predicted octanol–water partition coefficient (Wildman–Crippen LogP) is 3.96. The average Bonchev–Trinajstić information content (AvgIpc) is 2.89. The summed E-state index contributed by atoms with van der Waals surface area (Å²) in [5.74, 6) is -0.827. The molecule has 0 aliphatic carbocycles. The molecule has 106 valence electrons. The summed E-state index contributed by atoms with van der Waals surface area (Å²) in [6.45, 7) is 2.14. The normalized spacial score (nSPS) is 10.9. The van der Waals surface area contributed by atoms with E-state index in [1.54, 1.807) is 4.57 Å². The van der Waals surface area contributed by atoms with Gasteiger partial charge in [-0.2, -0.15) is 0 Å². The average molecular weight is 279 g/mol. The van der Waals surface area contributed by atoms with Crippen LogP contribution < -0.4 is 0 Å². The van der Waals surface area contributed by atoms with Crippen LogP contribution >= 0.6 is 0 Å². The van der Waals surface area contributed by atoms with E-state index in [0.29, 0.717) is 0 Å². The second kappa shape index (κ2) is 5.44. The highest BCUT2D eigenvalue weighted by molar-refractivity contribution is 5.86. The van der Waals surface area contributed by atoms with Crippen molar-refractivity contribution in [1.29, 1.82) is 0 Å². The zero-order valence-electron chi connectivity index (χ0n) is 11.9. The van der Waals surface area contributed by atoms with E-state index in [1.165, 1.54) is 11.1 Å². The summed E-state index contributed by atoms with van der Waals surface area (Å²) in [6, 6.07) is 16.7. The summed E-state index contributed by atoms with van der Waals surface area (Å²) in [6.07, 6.45) is 2.86. The Hall–Kier alpha value is -2.55. The number of carboxylic acid groups (broad SMARTS) is 1. The quantitative estimate of drug-likeness (QED) is 0.785. The van der Waals surface area contributed by atoms with Gasteiger partial charge < -0.3 is 9.67 Å². The Balaban J connectivity index is 1.99. The van der Waals surface area contributed by atoms with Gasteiger partial charge in [0.25, 0.3) is 0 Å². The number of hydrogen-bond donors (Lipinski definition) is 1. The molecule has 1 N–H and O–H groups in total. The Labute approximate surface area is 123 Å². The summed E-state index contributed by atoms with van der Waals surface area (Å²) in [5.41, 5.74) is 4.61. The third-order valence-electron chi connectivity index (χ3n) is 3.77. The fourth-order valence-electron chi connectivity index (χ4n) is 2.60. The van der Waals surface area contributed by atoms with Crippen molar-refractivity contribution < 1.29 is 9.90 Å². The van der Waals surface area contributed by atoms with E-state index in [9.17, 15) is 4.79 Å². The van der Waals surface area contributed by atoms with Crippen molar-refractivity contribution in [1.82, 2.24) is 4.57 Å². The zero-order valence-corrected chi connectivity index (χ0v) is 11.9. The molecular weight excluding hydrogens is 262 g/mol. The molecule has 3 nitrogen and oxygen atoms in total. The molecular formula is C18H17NO2. The number of carbonyl (C=O) groups is 1. The van der Waals surface area contributed by atoms with Gasteiger partial charge in [-0.25, -0.2) is 0 Å². The molecule has 3 rings (SSSR count). The number of benzene rings is 2. The lowest BCUT2D eigenvalue weighted by Crippen LogP contribution is -2.06. The third-order valence-corrected chi connectivity index (χ3v) is 3.77. The lowest BCUT2D eigenvalue weighted by Gasteiger charge is -2.05. The van der Waals surface area contributed by atoms with E-state index < -0.39 is 5.97 Å². The zero-order chi connectivity index (χ0) is 14.8. The number of nitrogens with zero attached hydrogens (tertiary/aromatic N) is 1. The SMILES string of the molecule is CCc1ccc(-c2ccc3c(ccn3CC(=O)O)c2)cc1. The standard InChI is InChI=1S/C18H17NO2/c1-2-13-3-5-14(6-4-13)15-7-8-17-16(11-15)9-10-19(17)12-18(20)21/h3-11H,2,12H2,1H3,(H,20,21). The maximum absolute atomic E-state index is 10.8. The van der Waals surface area contributed by atoms with Crippen molar-refractivity contribution in [3.05, 3.63) is 60.3 Å². The van der Waals surface area contributed by atoms with Gasteiger partial charge in [-0.05, 0) is 41.3 Å². The Morgan fingerprint density at radius 3 is 2.43 bits per heavy atom. The highest BCUT2D eigenvalue weighted by atomic mass is 16.4. The number of fused-ring (bicyclic) bond motifs is 1. The van der Waals surface area contributed by atoms with E-state index in [1.807, 2.05) is 24.4 Å². The summed E-state index contributed by atoms with van der Waals surface area (Å²) < 4.78 is 1.75. The first-order valence-electron chi connectivity index (χ1n) is 7.07. The second-order valence-electron chi connectivity index (χ2n) is 5.16. The van der Waals surface area contributed by atoms with Crippen molar-refractivity contribution >= 4 is 16.9 Å². The van der Waals surface area contributed by atoms with Crippen molar-refractivity contribution in [2.24, 2.45) is 0 Å². The van der Waals surface area contributed by atoms with Crippen LogP contribution in [0.1, 0.15) is 12.5 Å². The molecule has 0 aliphatic heterocycles. The molecule has 2 aromatic carbocycles. The van der Waals surface area contributed by atoms with Gasteiger partial charge in [0, 0.05) is 17.1 Å². The minimum Gasteiger partial charge on any atom is -0.480 e. The first kappa shape index (κ1) is 13.4. The molecule has 1 aromatic heterocycles. The molecule has 0 radical (unpaired) electrons. The van der Waals surface area contributed by atoms with Crippen LogP contribution in [0, 0.1) is 0 Å². The summed E-state index contributed by atoms with van der Waals surface area (Å²) in [7, 11) is 0. The summed E-state index contributed by atoms with van der Waals surface area (Å²) in [5, 5.41) is 9.97. The first-order chi connectivity index (χ1) is 10.2. The van der Waals surface area contributed by atoms with Gasteiger partial charge in [0.1, 0.15) is 6.54 Å². The largest absolute Gasteiger partial charge is 0.480 e. The Kier molecular flexibility index (Phi) is 3.48. The van der Waals surface area contributed by atoms with Crippen LogP contribution in [0.25, 0.3) is 22.0 Å². The van der Waals surface area contributed by atoms with Crippen LogP contribution in [0.3, 0.4) is 0 Å². The van der Waals surface area contributed by atoms with Crippen LogP contribution in [-0.2, 0) is 17.8 Å². The van der Waals surface area contributed by atoms with Crippen molar-refractivity contribution in [2.45, 2.75) is 19.9 Å². The van der Waals surface area contributed by atoms with Crippen LogP contribution in [0.4, 0.5) is 0 Å². The van der Waals surface area contributed by atoms with Gasteiger partial charge in [0.2, 0.25) is 0 Å². The monoisotopic (exact) mass is 279 g/mol. The van der Waals surface area contributed by atoms with Crippen molar-refractivity contribution in [3.63, 3.8) is 0 Å². The van der Waals surface area contributed by atoms with Gasteiger partial charge in [0.05, 0.1) is 0 Å². The molecule has 0 amide bonds. The number of hydrogen-bond acceptors (Lipinski definition) is 1. The topological polar surface area (TPSA) is 42.2 Å². The highest BCUT2D eigenvalue weighted by Gasteiger charge is 2.06. The van der Waals surface area contributed by atoms with Crippen molar-refractivity contribution in [2.75, 3.05) is 0 Å². The predicted molar refractivity (Wildman–Crippen MR) is 84.4 cm³/mol. The van der Waals surface area contributed by atoms with E-state index >= 15 is 0 Å². The van der Waals surface area contributed by atoms with Crippen LogP contribution in [0.15, 0.2) is 54.7 Å². The van der Waals surface area contributed by atoms with Crippen molar-refractivity contribution in [3.8, 4) is 11.1 Å². The number of aryl methyl sites for hydroxylation is 1. The number of aromatic nitrogens is 1. The lowest BCUT2D eigenvalue weighted by atomic mass is 10.0. The van der Waals surface area contributed by atoms with Crippen LogP contribution in [0.2, 0.25) is 0 Å². The van der Waals surface area contributed by atoms with Gasteiger partial charge in [-0.3, -0.25) is 4.79 Å². The highest BCUT2D eigenvalue weighted by Crippen LogP contribution is 2.25. The molecule has 3 aromatic rings. The Bertz CT molecular complexity index is 785. The van der Waals surface area contributed by atoms with E-state index in [2.05, 4.69) is 37.3 Å². The van der Waals surface area contributed by atoms with Crippen LogP contribution in [0.5, 0.6) is 0 Å². The molecule has 0 saturated carbocycles. The number of carboxylic acids is 1. The van der Waals surface area contributed by atoms with E-state index in [4.69, 9.17) is 5.11 Å². The fourth-order valence-corrected chi connectivity index (χ4v) is 2.60. The van der Waals surface area contributed by atoms with E-state index in [0.717, 1.165) is 22.9 Å². The van der Waals surface area contributed by atoms with Gasteiger partial charge >= 0.3 is 5.97 Å². The maximum Gasteiger partial charge on any atom is 0.323 e. The fraction of sp³-hybridized carbons (Fsp3) is 0.167. The molecule has 0 aliphatic rings. The second-order valence-corrected chi connectivity index (χ2v) is 5.16. The lowest BCUT2D eigenvalue weighted by molar-refractivity contribution is -0.137. The first-order valence-corrected chi connectivity index (χ1v) is 7.07. The van der Waals surface area contributed by atoms with Gasteiger partial charge in [-0.15, -0.1) is 0 Å². The van der Waals surface area contributed by atoms with E-state index in [-0.39, 0.29) is 6.54 Å². The number of aliphatic carboxylic acids is 1. The molecule has 21 heavy (non-hydrogen) atoms. The third kappa shape index (κ3) is 2.68. The molecule has 1 heterocycles.